The van der Waals surface area contributed by atoms with E-state index < -0.39 is 17.8 Å². The molecule has 1 unspecified atom stereocenters. The number of esters is 1. The molecule has 0 spiro atoms. The summed E-state index contributed by atoms with van der Waals surface area (Å²) in [6.45, 7) is 7.10. The van der Waals surface area contributed by atoms with Crippen LogP contribution in [0.1, 0.15) is 27.7 Å². The van der Waals surface area contributed by atoms with E-state index in [1.165, 1.54) is 6.08 Å². The molecule has 0 aliphatic carbocycles. The van der Waals surface area contributed by atoms with Gasteiger partial charge in [0.2, 0.25) is 6.29 Å². The van der Waals surface area contributed by atoms with Crippen molar-refractivity contribution in [1.82, 2.24) is 0 Å². The molecule has 0 aromatic heterocycles. The first kappa shape index (κ1) is 13.2. The van der Waals surface area contributed by atoms with Gasteiger partial charge < -0.3 is 9.47 Å². The molecule has 1 heterocycles. The molecular weight excluding hydrogens is 212 g/mol. The van der Waals surface area contributed by atoms with Gasteiger partial charge in [-0.2, -0.15) is 0 Å². The predicted octanol–water partition coefficient (Wildman–Crippen LogP) is 1.73. The van der Waals surface area contributed by atoms with E-state index in [1.54, 1.807) is 33.8 Å². The molecule has 0 fully saturated rings. The van der Waals surface area contributed by atoms with Crippen LogP contribution in [0.4, 0.5) is 0 Å². The van der Waals surface area contributed by atoms with Gasteiger partial charge in [-0.05, 0) is 39.8 Å². The third-order valence-corrected chi connectivity index (χ3v) is 2.23. The maximum atomic E-state index is 11.6. The summed E-state index contributed by atoms with van der Waals surface area (Å²) in [6, 6.07) is 0. The molecule has 5 heteroatoms. The Morgan fingerprint density at radius 1 is 1.38 bits per heavy atom. The zero-order valence-corrected chi connectivity index (χ0v) is 9.97. The average molecular weight is 230 g/mol. The van der Waals surface area contributed by atoms with Crippen LogP contribution in [0.15, 0.2) is 12.2 Å². The minimum absolute atomic E-state index is 0.291. The summed E-state index contributed by atoms with van der Waals surface area (Å²) in [7, 11) is 0. The van der Waals surface area contributed by atoms with Crippen LogP contribution in [0.5, 0.6) is 0 Å². The Morgan fingerprint density at radius 2 is 2.00 bits per heavy atom. The van der Waals surface area contributed by atoms with E-state index in [0.29, 0.717) is 0 Å². The smallest absolute Gasteiger partial charge is 0.311 e. The Morgan fingerprint density at radius 3 is 2.44 bits per heavy atom. The monoisotopic (exact) mass is 230 g/mol. The third kappa shape index (κ3) is 3.30. The molecule has 16 heavy (non-hydrogen) atoms. The number of hydrogen-bond donors (Lipinski definition) is 1. The van der Waals surface area contributed by atoms with E-state index in [0.717, 1.165) is 0 Å². The van der Waals surface area contributed by atoms with Crippen molar-refractivity contribution in [3.05, 3.63) is 12.2 Å². The number of ether oxygens (including phenoxy) is 2. The van der Waals surface area contributed by atoms with Crippen LogP contribution < -0.4 is 0 Å². The lowest BCUT2D eigenvalue weighted by molar-refractivity contribution is -0.342. The molecule has 1 N–H and O–H groups in total. The van der Waals surface area contributed by atoms with Gasteiger partial charge in [0, 0.05) is 0 Å². The number of carbonyl (C=O) groups is 1. The maximum Gasteiger partial charge on any atom is 0.311 e. The molecule has 1 rings (SSSR count). The largest absolute Gasteiger partial charge is 0.455 e. The number of hydrogen-bond acceptors (Lipinski definition) is 5. The van der Waals surface area contributed by atoms with Gasteiger partial charge in [-0.15, -0.1) is 0 Å². The third-order valence-electron chi connectivity index (χ3n) is 2.23. The summed E-state index contributed by atoms with van der Waals surface area (Å²) < 4.78 is 10.5. The van der Waals surface area contributed by atoms with Gasteiger partial charge >= 0.3 is 5.97 Å². The lowest BCUT2D eigenvalue weighted by Gasteiger charge is -2.30. The van der Waals surface area contributed by atoms with Crippen molar-refractivity contribution in [3.63, 3.8) is 0 Å². The minimum atomic E-state index is -0.792. The molecule has 92 valence electrons. The van der Waals surface area contributed by atoms with E-state index in [2.05, 4.69) is 4.89 Å². The van der Waals surface area contributed by atoms with Gasteiger partial charge in [0.25, 0.3) is 0 Å². The molecular formula is C11H18O5. The van der Waals surface area contributed by atoms with Gasteiger partial charge in [0.1, 0.15) is 6.10 Å². The average Bonchev–Trinajstić information content (AvgIpc) is 2.19. The van der Waals surface area contributed by atoms with E-state index in [-0.39, 0.29) is 12.1 Å². The molecule has 0 aromatic carbocycles. The zero-order valence-electron chi connectivity index (χ0n) is 9.97. The predicted molar refractivity (Wildman–Crippen MR) is 56.5 cm³/mol. The van der Waals surface area contributed by atoms with E-state index in [9.17, 15) is 4.79 Å². The Hall–Kier alpha value is -0.910. The van der Waals surface area contributed by atoms with Crippen molar-refractivity contribution in [2.24, 2.45) is 5.41 Å². The van der Waals surface area contributed by atoms with Crippen molar-refractivity contribution in [2.45, 2.75) is 46.2 Å². The molecule has 0 amide bonds. The first-order valence-electron chi connectivity index (χ1n) is 5.19. The fraction of sp³-hybridized carbons (Fsp3) is 0.727. The summed E-state index contributed by atoms with van der Waals surface area (Å²) in [4.78, 5) is 15.7. The van der Waals surface area contributed by atoms with Crippen LogP contribution in [-0.4, -0.2) is 29.7 Å². The van der Waals surface area contributed by atoms with Crippen LogP contribution in [-0.2, 0) is 19.2 Å². The maximum absolute atomic E-state index is 11.6. The zero-order chi connectivity index (χ0) is 12.3. The van der Waals surface area contributed by atoms with E-state index >= 15 is 0 Å². The first-order valence-corrected chi connectivity index (χ1v) is 5.19. The van der Waals surface area contributed by atoms with Crippen LogP contribution in [0.3, 0.4) is 0 Å². The second kappa shape index (κ2) is 4.95. The number of carbonyl (C=O) groups excluding carboxylic acids is 1. The summed E-state index contributed by atoms with van der Waals surface area (Å²) in [5.41, 5.74) is -0.544. The summed E-state index contributed by atoms with van der Waals surface area (Å²) in [5.74, 6) is -0.291. The fourth-order valence-corrected chi connectivity index (χ4v) is 1.19. The molecule has 0 saturated carbocycles. The Kier molecular flexibility index (Phi) is 4.07. The highest BCUT2D eigenvalue weighted by Crippen LogP contribution is 2.21. The van der Waals surface area contributed by atoms with E-state index in [4.69, 9.17) is 14.7 Å². The Bertz CT molecular complexity index is 279. The molecule has 1 aliphatic heterocycles. The van der Waals surface area contributed by atoms with Crippen molar-refractivity contribution in [3.8, 4) is 0 Å². The van der Waals surface area contributed by atoms with Gasteiger partial charge in [0.05, 0.1) is 11.5 Å². The summed E-state index contributed by atoms with van der Waals surface area (Å²) in [6.07, 6.45) is 1.56. The van der Waals surface area contributed by atoms with E-state index in [1.807, 2.05) is 0 Å². The molecule has 5 nitrogen and oxygen atoms in total. The molecule has 0 saturated heterocycles. The molecule has 0 bridgehead atoms. The summed E-state index contributed by atoms with van der Waals surface area (Å²) >= 11 is 0. The van der Waals surface area contributed by atoms with Gasteiger partial charge in [-0.3, -0.25) is 4.79 Å². The molecule has 0 aromatic rings. The van der Waals surface area contributed by atoms with Crippen molar-refractivity contribution >= 4 is 5.97 Å². The topological polar surface area (TPSA) is 65.0 Å². The molecule has 1 aliphatic rings. The fourth-order valence-electron chi connectivity index (χ4n) is 1.19. The van der Waals surface area contributed by atoms with Gasteiger partial charge in [-0.25, -0.2) is 10.1 Å². The Labute approximate surface area is 94.9 Å². The van der Waals surface area contributed by atoms with Gasteiger partial charge in [-0.1, -0.05) is 0 Å². The number of rotatable bonds is 2. The first-order chi connectivity index (χ1) is 7.34. The van der Waals surface area contributed by atoms with Crippen LogP contribution in [0.25, 0.3) is 0 Å². The van der Waals surface area contributed by atoms with Crippen LogP contribution in [0.2, 0.25) is 0 Å². The lowest BCUT2D eigenvalue weighted by Crippen LogP contribution is -2.39. The minimum Gasteiger partial charge on any atom is -0.455 e. The Balaban J connectivity index is 2.59. The van der Waals surface area contributed by atoms with Crippen molar-refractivity contribution in [1.29, 1.82) is 0 Å². The second-order valence-electron chi connectivity index (χ2n) is 4.82. The normalized spacial score (nSPS) is 30.2. The highest BCUT2D eigenvalue weighted by Gasteiger charge is 2.31. The molecule has 0 radical (unpaired) electrons. The molecule has 3 atom stereocenters. The second-order valence-corrected chi connectivity index (χ2v) is 4.82. The SMILES string of the molecule is C[C@@H]1OC(OO)C=C[C@H]1OC(=O)C(C)(C)C. The van der Waals surface area contributed by atoms with Crippen LogP contribution >= 0.6 is 0 Å². The van der Waals surface area contributed by atoms with Crippen LogP contribution in [0, 0.1) is 5.41 Å². The highest BCUT2D eigenvalue weighted by atomic mass is 17.1. The summed E-state index contributed by atoms with van der Waals surface area (Å²) in [5, 5.41) is 8.42. The van der Waals surface area contributed by atoms with Crippen molar-refractivity contribution in [2.75, 3.05) is 0 Å². The lowest BCUT2D eigenvalue weighted by atomic mass is 9.97. The standard InChI is InChI=1S/C11H18O5/c1-7-8(5-6-9(14-7)16-13)15-10(12)11(2,3)4/h5-9,13H,1-4H3/t7-,8+,9?/m0/s1. The van der Waals surface area contributed by atoms with Gasteiger partial charge in [0.15, 0.2) is 0 Å². The quantitative estimate of drug-likeness (QED) is 0.339. The van der Waals surface area contributed by atoms with Crippen molar-refractivity contribution < 1.29 is 24.4 Å². The highest BCUT2D eigenvalue weighted by molar-refractivity contribution is 5.75.